The van der Waals surface area contributed by atoms with Crippen molar-refractivity contribution in [1.29, 1.82) is 0 Å². The maximum absolute atomic E-state index is 12.8. The fraction of sp³-hybridized carbons (Fsp3) is 0.150. The van der Waals surface area contributed by atoms with Gasteiger partial charge in [0.05, 0.1) is 23.2 Å². The lowest BCUT2D eigenvalue weighted by Crippen LogP contribution is -2.16. The molecule has 2 aromatic carbocycles. The predicted molar refractivity (Wildman–Crippen MR) is 108 cm³/mol. The fourth-order valence-electron chi connectivity index (χ4n) is 2.88. The van der Waals surface area contributed by atoms with Gasteiger partial charge in [0.25, 0.3) is 0 Å². The molecule has 0 fully saturated rings. The van der Waals surface area contributed by atoms with Crippen molar-refractivity contribution in [3.63, 3.8) is 0 Å². The molecule has 9 heteroatoms. The van der Waals surface area contributed by atoms with Gasteiger partial charge in [-0.25, -0.2) is 13.2 Å². The zero-order valence-electron chi connectivity index (χ0n) is 15.2. The van der Waals surface area contributed by atoms with Crippen molar-refractivity contribution in [3.8, 4) is 16.9 Å². The second-order valence-electron chi connectivity index (χ2n) is 6.15. The molecule has 0 radical (unpaired) electrons. The number of rotatable bonds is 8. The first kappa shape index (κ1) is 20.9. The average molecular weight is 436 g/mol. The molecule has 1 aromatic heterocycles. The molecule has 0 bridgehead atoms. The van der Waals surface area contributed by atoms with E-state index in [1.165, 1.54) is 36.8 Å². The van der Waals surface area contributed by atoms with E-state index in [4.69, 9.17) is 26.5 Å². The molecule has 0 unspecified atom stereocenters. The molecule has 0 aliphatic heterocycles. The summed E-state index contributed by atoms with van der Waals surface area (Å²) < 4.78 is 36.4. The minimum absolute atomic E-state index is 0.00433. The molecule has 0 aliphatic rings. The zero-order chi connectivity index (χ0) is 21.0. The number of nitrogens with two attached hydrogens (primary N) is 1. The van der Waals surface area contributed by atoms with Crippen LogP contribution >= 0.6 is 11.6 Å². The van der Waals surface area contributed by atoms with E-state index in [-0.39, 0.29) is 39.9 Å². The molecule has 3 N–H and O–H groups in total. The van der Waals surface area contributed by atoms with E-state index in [2.05, 4.69) is 0 Å². The molecule has 152 valence electrons. The third-order valence-corrected chi connectivity index (χ3v) is 6.05. The third-order valence-electron chi connectivity index (χ3n) is 4.16. The summed E-state index contributed by atoms with van der Waals surface area (Å²) in [7, 11) is -3.84. The lowest BCUT2D eigenvalue weighted by molar-refractivity contribution is 0.0691. The molecule has 0 saturated heterocycles. The number of ether oxygens (including phenoxy) is 1. The summed E-state index contributed by atoms with van der Waals surface area (Å²) in [6, 6.07) is 10.5. The summed E-state index contributed by atoms with van der Waals surface area (Å²) in [6.45, 7) is 0.227. The van der Waals surface area contributed by atoms with Crippen LogP contribution in [0, 0.1) is 0 Å². The molecule has 3 aromatic rings. The minimum atomic E-state index is -3.84. The highest BCUT2D eigenvalue weighted by atomic mass is 35.5. The van der Waals surface area contributed by atoms with E-state index in [0.29, 0.717) is 11.1 Å². The molecule has 0 amide bonds. The smallest absolute Gasteiger partial charge is 0.339 e. The van der Waals surface area contributed by atoms with Gasteiger partial charge in [0.15, 0.2) is 9.84 Å². The Morgan fingerprint density at radius 3 is 2.62 bits per heavy atom. The number of halogens is 1. The predicted octanol–water partition coefficient (Wildman–Crippen LogP) is 3.61. The first-order valence-electron chi connectivity index (χ1n) is 8.56. The molecule has 3 rings (SSSR count). The van der Waals surface area contributed by atoms with Crippen LogP contribution in [0.1, 0.15) is 15.9 Å². The number of sulfone groups is 1. The van der Waals surface area contributed by atoms with E-state index in [0.717, 1.165) is 0 Å². The monoisotopic (exact) mass is 435 g/mol. The van der Waals surface area contributed by atoms with E-state index in [9.17, 15) is 18.3 Å². The first-order valence-corrected chi connectivity index (χ1v) is 10.6. The molecular weight excluding hydrogens is 418 g/mol. The minimum Gasteiger partial charge on any atom is -0.491 e. The number of carboxylic acids is 1. The van der Waals surface area contributed by atoms with Gasteiger partial charge in [0.2, 0.25) is 0 Å². The number of carbonyl (C=O) groups is 1. The highest BCUT2D eigenvalue weighted by molar-refractivity contribution is 7.90. The molecular formula is C20H18ClNO6S. The summed E-state index contributed by atoms with van der Waals surface area (Å²) in [5.41, 5.74) is 6.43. The summed E-state index contributed by atoms with van der Waals surface area (Å²) in [5, 5.41) is 10.1. The lowest BCUT2D eigenvalue weighted by Gasteiger charge is -2.16. The van der Waals surface area contributed by atoms with Gasteiger partial charge in [-0.2, -0.15) is 0 Å². The van der Waals surface area contributed by atoms with Crippen molar-refractivity contribution >= 4 is 27.4 Å². The highest BCUT2D eigenvalue weighted by Gasteiger charge is 2.26. The fourth-order valence-corrected chi connectivity index (χ4v) is 4.55. The number of hydrogen-bond donors (Lipinski definition) is 2. The molecule has 0 aliphatic carbocycles. The van der Waals surface area contributed by atoms with Crippen LogP contribution < -0.4 is 10.5 Å². The molecule has 0 atom stereocenters. The van der Waals surface area contributed by atoms with E-state index < -0.39 is 21.6 Å². The number of carboxylic acid groups (broad SMARTS) is 1. The van der Waals surface area contributed by atoms with Gasteiger partial charge in [0, 0.05) is 22.7 Å². The molecule has 1 heterocycles. The molecule has 7 nitrogen and oxygen atoms in total. The third kappa shape index (κ3) is 4.61. The van der Waals surface area contributed by atoms with Gasteiger partial charge < -0.3 is 20.0 Å². The number of furan rings is 1. The summed E-state index contributed by atoms with van der Waals surface area (Å²) in [6.07, 6.45) is 2.89. The van der Waals surface area contributed by atoms with Gasteiger partial charge in [-0.1, -0.05) is 29.8 Å². The normalized spacial score (nSPS) is 11.4. The van der Waals surface area contributed by atoms with Crippen molar-refractivity contribution in [3.05, 3.63) is 71.1 Å². The van der Waals surface area contributed by atoms with E-state index in [1.807, 2.05) is 0 Å². The van der Waals surface area contributed by atoms with E-state index >= 15 is 0 Å². The van der Waals surface area contributed by atoms with Crippen LogP contribution in [0.3, 0.4) is 0 Å². The van der Waals surface area contributed by atoms with Crippen LogP contribution in [0.4, 0.5) is 0 Å². The largest absolute Gasteiger partial charge is 0.491 e. The Labute approximate surface area is 172 Å². The van der Waals surface area contributed by atoms with Gasteiger partial charge in [-0.3, -0.25) is 0 Å². The van der Waals surface area contributed by atoms with E-state index in [1.54, 1.807) is 18.2 Å². The lowest BCUT2D eigenvalue weighted by atomic mass is 9.99. The Morgan fingerprint density at radius 1 is 1.21 bits per heavy atom. The van der Waals surface area contributed by atoms with Crippen molar-refractivity contribution in [2.75, 3.05) is 13.2 Å². The Balaban J connectivity index is 2.13. The molecule has 0 saturated carbocycles. The van der Waals surface area contributed by atoms with Crippen LogP contribution in [0.5, 0.6) is 5.75 Å². The van der Waals surface area contributed by atoms with Crippen molar-refractivity contribution in [2.24, 2.45) is 5.73 Å². The summed E-state index contributed by atoms with van der Waals surface area (Å²) in [4.78, 5) is 12.1. The first-order chi connectivity index (χ1) is 13.8. The Bertz CT molecular complexity index is 1130. The summed E-state index contributed by atoms with van der Waals surface area (Å²) >= 11 is 5.90. The zero-order valence-corrected chi connectivity index (χ0v) is 16.7. The number of benzene rings is 2. The number of hydrogen-bond acceptors (Lipinski definition) is 6. The van der Waals surface area contributed by atoms with Gasteiger partial charge in [-0.05, 0) is 29.8 Å². The maximum Gasteiger partial charge on any atom is 0.339 e. The quantitative estimate of drug-likeness (QED) is 0.554. The highest BCUT2D eigenvalue weighted by Crippen LogP contribution is 2.37. The van der Waals surface area contributed by atoms with Gasteiger partial charge in [0.1, 0.15) is 17.9 Å². The van der Waals surface area contributed by atoms with Gasteiger partial charge >= 0.3 is 5.97 Å². The molecule has 29 heavy (non-hydrogen) atoms. The standard InChI is InChI=1S/C20H18ClNO6S/c21-15-2-1-3-16(10-15)29(25,26)12-14-4-5-17(13-6-8-27-11-13)19(28-9-7-22)18(14)20(23)24/h1-6,8,10-11H,7,9,12,22H2,(H,23,24). The Morgan fingerprint density at radius 2 is 2.00 bits per heavy atom. The second kappa shape index (κ2) is 8.69. The Kier molecular flexibility index (Phi) is 6.26. The summed E-state index contributed by atoms with van der Waals surface area (Å²) in [5.74, 6) is -1.79. The SMILES string of the molecule is NCCOc1c(-c2ccoc2)ccc(CS(=O)(=O)c2cccc(Cl)c2)c1C(=O)O. The van der Waals surface area contributed by atoms with Crippen LogP contribution in [-0.4, -0.2) is 32.6 Å². The maximum atomic E-state index is 12.8. The molecule has 0 spiro atoms. The van der Waals surface area contributed by atoms with Crippen LogP contribution in [0.15, 0.2) is 64.3 Å². The van der Waals surface area contributed by atoms with Crippen LogP contribution in [-0.2, 0) is 15.6 Å². The Hall–Kier alpha value is -2.81. The van der Waals surface area contributed by atoms with Crippen molar-refractivity contribution in [1.82, 2.24) is 0 Å². The topological polar surface area (TPSA) is 120 Å². The van der Waals surface area contributed by atoms with Crippen molar-refractivity contribution < 1.29 is 27.5 Å². The van der Waals surface area contributed by atoms with Crippen LogP contribution in [0.25, 0.3) is 11.1 Å². The van der Waals surface area contributed by atoms with Gasteiger partial charge in [-0.15, -0.1) is 0 Å². The van der Waals surface area contributed by atoms with Crippen LogP contribution in [0.2, 0.25) is 5.02 Å². The second-order valence-corrected chi connectivity index (χ2v) is 8.57. The number of aromatic carboxylic acids is 1. The average Bonchev–Trinajstić information content (AvgIpc) is 3.20. The van der Waals surface area contributed by atoms with Crippen molar-refractivity contribution in [2.45, 2.75) is 10.6 Å².